The molecule has 1 aromatic carbocycles. The van der Waals surface area contributed by atoms with Crippen LogP contribution in [0.5, 0.6) is 0 Å². The minimum absolute atomic E-state index is 0.0260. The summed E-state index contributed by atoms with van der Waals surface area (Å²) in [5.41, 5.74) is 4.18. The standard InChI is InChI=1S/C12H16ClFN2O4S/c1-7-12(17,2-3-20-7)6-16-21(18,19)10-5-8(15)4-9(13)11(10)14/h4-5,7,16-17H,2-3,6,15H2,1H3. The Labute approximate surface area is 127 Å². The van der Waals surface area contributed by atoms with Gasteiger partial charge >= 0.3 is 0 Å². The van der Waals surface area contributed by atoms with Crippen molar-refractivity contribution in [3.05, 3.63) is 23.0 Å². The van der Waals surface area contributed by atoms with E-state index >= 15 is 0 Å². The summed E-state index contributed by atoms with van der Waals surface area (Å²) in [6.45, 7) is 1.68. The van der Waals surface area contributed by atoms with Crippen molar-refractivity contribution < 1.29 is 22.7 Å². The van der Waals surface area contributed by atoms with Crippen LogP contribution >= 0.6 is 11.6 Å². The summed E-state index contributed by atoms with van der Waals surface area (Å²) in [5, 5.41) is 9.87. The van der Waals surface area contributed by atoms with Crippen LogP contribution in [0.1, 0.15) is 13.3 Å². The van der Waals surface area contributed by atoms with Crippen molar-refractivity contribution in [1.82, 2.24) is 4.72 Å². The van der Waals surface area contributed by atoms with Crippen molar-refractivity contribution in [1.29, 1.82) is 0 Å². The Morgan fingerprint density at radius 2 is 2.29 bits per heavy atom. The molecule has 1 fully saturated rings. The molecule has 2 rings (SSSR count). The third-order valence-corrected chi connectivity index (χ3v) is 5.21. The SMILES string of the molecule is CC1OCCC1(O)CNS(=O)(=O)c1cc(N)cc(Cl)c1F. The summed E-state index contributed by atoms with van der Waals surface area (Å²) in [4.78, 5) is -0.650. The van der Waals surface area contributed by atoms with Crippen molar-refractivity contribution in [2.75, 3.05) is 18.9 Å². The molecule has 2 unspecified atom stereocenters. The maximum atomic E-state index is 13.9. The second-order valence-electron chi connectivity index (χ2n) is 5.01. The first-order valence-corrected chi connectivity index (χ1v) is 8.10. The number of benzene rings is 1. The van der Waals surface area contributed by atoms with Crippen LogP contribution in [-0.2, 0) is 14.8 Å². The molecule has 0 aromatic heterocycles. The van der Waals surface area contributed by atoms with Crippen molar-refractivity contribution >= 4 is 27.3 Å². The molecular formula is C12H16ClFN2O4S. The number of nitrogen functional groups attached to an aromatic ring is 1. The molecule has 0 aliphatic carbocycles. The number of ether oxygens (including phenoxy) is 1. The monoisotopic (exact) mass is 338 g/mol. The van der Waals surface area contributed by atoms with Crippen LogP contribution in [0.15, 0.2) is 17.0 Å². The number of halogens is 2. The molecular weight excluding hydrogens is 323 g/mol. The molecule has 0 amide bonds. The van der Waals surface area contributed by atoms with Gasteiger partial charge in [0.25, 0.3) is 0 Å². The quantitative estimate of drug-likeness (QED) is 0.707. The van der Waals surface area contributed by atoms with E-state index in [0.717, 1.165) is 12.1 Å². The molecule has 1 saturated heterocycles. The maximum Gasteiger partial charge on any atom is 0.243 e. The minimum atomic E-state index is -4.19. The van der Waals surface area contributed by atoms with Gasteiger partial charge in [0.2, 0.25) is 10.0 Å². The van der Waals surface area contributed by atoms with Gasteiger partial charge in [0, 0.05) is 25.3 Å². The summed E-state index contributed by atoms with van der Waals surface area (Å²) in [6, 6.07) is 2.10. The highest BCUT2D eigenvalue weighted by Gasteiger charge is 2.40. The average molecular weight is 339 g/mol. The molecule has 1 aliphatic rings. The molecule has 2 atom stereocenters. The Kier molecular flexibility index (Phi) is 4.46. The molecule has 4 N–H and O–H groups in total. The molecule has 9 heteroatoms. The number of hydrogen-bond donors (Lipinski definition) is 3. The number of rotatable bonds is 4. The van der Waals surface area contributed by atoms with Crippen molar-refractivity contribution in [2.24, 2.45) is 0 Å². The zero-order valence-corrected chi connectivity index (χ0v) is 12.8. The van der Waals surface area contributed by atoms with E-state index in [1.165, 1.54) is 0 Å². The van der Waals surface area contributed by atoms with E-state index in [2.05, 4.69) is 4.72 Å². The fraction of sp³-hybridized carbons (Fsp3) is 0.500. The van der Waals surface area contributed by atoms with Crippen LogP contribution in [0.25, 0.3) is 0 Å². The Morgan fingerprint density at radius 3 is 2.86 bits per heavy atom. The first kappa shape index (κ1) is 16.4. The lowest BCUT2D eigenvalue weighted by Crippen LogP contribution is -2.47. The molecule has 0 spiro atoms. The predicted octanol–water partition coefficient (Wildman–Crippen LogP) is 0.880. The summed E-state index contributed by atoms with van der Waals surface area (Å²) in [5.74, 6) is -1.08. The van der Waals surface area contributed by atoms with Gasteiger partial charge in [-0.3, -0.25) is 0 Å². The minimum Gasteiger partial charge on any atom is -0.399 e. The topological polar surface area (TPSA) is 102 Å². The van der Waals surface area contributed by atoms with Crippen molar-refractivity contribution in [2.45, 2.75) is 29.9 Å². The highest BCUT2D eigenvalue weighted by molar-refractivity contribution is 7.89. The van der Waals surface area contributed by atoms with E-state index in [1.807, 2.05) is 0 Å². The van der Waals surface area contributed by atoms with E-state index in [1.54, 1.807) is 6.92 Å². The van der Waals surface area contributed by atoms with Crippen LogP contribution in [0, 0.1) is 5.82 Å². The van der Waals surface area contributed by atoms with Gasteiger partial charge in [-0.25, -0.2) is 17.5 Å². The van der Waals surface area contributed by atoms with Crippen molar-refractivity contribution in [3.8, 4) is 0 Å². The number of aliphatic hydroxyl groups is 1. The summed E-state index contributed by atoms with van der Waals surface area (Å²) in [7, 11) is -4.19. The fourth-order valence-electron chi connectivity index (χ4n) is 2.08. The van der Waals surface area contributed by atoms with Crippen LogP contribution in [-0.4, -0.2) is 38.4 Å². The van der Waals surface area contributed by atoms with Gasteiger partial charge < -0.3 is 15.6 Å². The van der Waals surface area contributed by atoms with Gasteiger partial charge in [0.05, 0.1) is 11.1 Å². The van der Waals surface area contributed by atoms with E-state index in [-0.39, 0.29) is 23.7 Å². The second kappa shape index (κ2) is 5.69. The summed E-state index contributed by atoms with van der Waals surface area (Å²) in [6.07, 6.45) is -0.230. The number of hydrogen-bond acceptors (Lipinski definition) is 5. The number of nitrogens with two attached hydrogens (primary N) is 1. The van der Waals surface area contributed by atoms with E-state index in [9.17, 15) is 17.9 Å². The van der Waals surface area contributed by atoms with Crippen molar-refractivity contribution in [3.63, 3.8) is 0 Å². The number of anilines is 1. The maximum absolute atomic E-state index is 13.9. The Morgan fingerprint density at radius 1 is 1.62 bits per heavy atom. The second-order valence-corrected chi connectivity index (χ2v) is 7.15. The molecule has 1 aromatic rings. The van der Waals surface area contributed by atoms with Gasteiger partial charge in [-0.2, -0.15) is 0 Å². The Balaban J connectivity index is 2.24. The summed E-state index contributed by atoms with van der Waals surface area (Å²) >= 11 is 5.59. The largest absolute Gasteiger partial charge is 0.399 e. The molecule has 1 heterocycles. The lowest BCUT2D eigenvalue weighted by molar-refractivity contribution is -0.0228. The van der Waals surface area contributed by atoms with Gasteiger partial charge in [-0.05, 0) is 19.1 Å². The van der Waals surface area contributed by atoms with E-state index in [4.69, 9.17) is 22.1 Å². The van der Waals surface area contributed by atoms with Gasteiger partial charge in [0.15, 0.2) is 5.82 Å². The lowest BCUT2D eigenvalue weighted by Gasteiger charge is -2.26. The van der Waals surface area contributed by atoms with Crippen LogP contribution < -0.4 is 10.5 Å². The van der Waals surface area contributed by atoms with Gasteiger partial charge in [-0.15, -0.1) is 0 Å². The van der Waals surface area contributed by atoms with Gasteiger partial charge in [-0.1, -0.05) is 11.6 Å². The molecule has 6 nitrogen and oxygen atoms in total. The summed E-state index contributed by atoms with van der Waals surface area (Å²) < 4.78 is 45.5. The number of nitrogens with one attached hydrogen (secondary N) is 1. The van der Waals surface area contributed by atoms with Crippen LogP contribution in [0.2, 0.25) is 5.02 Å². The average Bonchev–Trinajstić information content (AvgIpc) is 2.72. The lowest BCUT2D eigenvalue weighted by atomic mass is 9.97. The third-order valence-electron chi connectivity index (χ3n) is 3.53. The molecule has 0 saturated carbocycles. The number of sulfonamides is 1. The smallest absolute Gasteiger partial charge is 0.243 e. The Bertz CT molecular complexity index is 655. The molecule has 1 aliphatic heterocycles. The van der Waals surface area contributed by atoms with E-state index < -0.39 is 32.4 Å². The molecule has 0 bridgehead atoms. The normalized spacial score (nSPS) is 26.2. The molecule has 21 heavy (non-hydrogen) atoms. The van der Waals surface area contributed by atoms with Crippen LogP contribution in [0.3, 0.4) is 0 Å². The molecule has 118 valence electrons. The fourth-order valence-corrected chi connectivity index (χ4v) is 3.60. The van der Waals surface area contributed by atoms with E-state index in [0.29, 0.717) is 6.61 Å². The first-order valence-electron chi connectivity index (χ1n) is 6.24. The zero-order chi connectivity index (χ0) is 15.8. The Hall–Kier alpha value is -0.930. The zero-order valence-electron chi connectivity index (χ0n) is 11.3. The highest BCUT2D eigenvalue weighted by atomic mass is 35.5. The predicted molar refractivity (Wildman–Crippen MR) is 76.0 cm³/mol. The molecule has 0 radical (unpaired) electrons. The van der Waals surface area contributed by atoms with Crippen LogP contribution in [0.4, 0.5) is 10.1 Å². The third kappa shape index (κ3) is 3.29. The first-order chi connectivity index (χ1) is 9.66. The highest BCUT2D eigenvalue weighted by Crippen LogP contribution is 2.28. The van der Waals surface area contributed by atoms with Gasteiger partial charge in [0.1, 0.15) is 10.5 Å².